The lowest BCUT2D eigenvalue weighted by Gasteiger charge is -2.34. The van der Waals surface area contributed by atoms with Gasteiger partial charge in [-0.15, -0.1) is 0 Å². The van der Waals surface area contributed by atoms with Crippen molar-refractivity contribution in [1.82, 2.24) is 19.6 Å². The highest BCUT2D eigenvalue weighted by atomic mass is 33.1. The minimum absolute atomic E-state index is 0.116. The molecule has 0 radical (unpaired) electrons. The van der Waals surface area contributed by atoms with Gasteiger partial charge in [-0.2, -0.15) is 0 Å². The molecule has 0 bridgehead atoms. The number of piperazine rings is 1. The molecule has 0 saturated carbocycles. The zero-order chi connectivity index (χ0) is 64.4. The van der Waals surface area contributed by atoms with Crippen LogP contribution in [-0.4, -0.2) is 167 Å². The number of ether oxygens (including phenoxy) is 1. The van der Waals surface area contributed by atoms with E-state index < -0.39 is 0 Å². The van der Waals surface area contributed by atoms with Crippen LogP contribution in [0.1, 0.15) is 317 Å². The monoisotopic (exact) mass is 1290 g/mol. The number of hydrogen-bond donors (Lipinski definition) is 4. The Labute approximate surface area is 560 Å². The first-order valence-corrected chi connectivity index (χ1v) is 40.8. The molecule has 1 heterocycles. The van der Waals surface area contributed by atoms with E-state index in [0.29, 0.717) is 39.2 Å². The number of esters is 1. The summed E-state index contributed by atoms with van der Waals surface area (Å²) in [6.07, 6.45) is 68.8. The summed E-state index contributed by atoms with van der Waals surface area (Å²) < 4.78 is 5.72. The molecule has 1 rings (SSSR count). The summed E-state index contributed by atoms with van der Waals surface area (Å²) >= 11 is 0. The molecule has 0 aromatic heterocycles. The smallest absolute Gasteiger partial charge is 0.305 e. The second-order valence-electron chi connectivity index (χ2n) is 26.7. The van der Waals surface area contributed by atoms with Gasteiger partial charge in [0, 0.05) is 83.4 Å². The Kier molecular flexibility index (Phi) is 65.8. The Morgan fingerprint density at radius 1 is 0.382 bits per heavy atom. The first-order valence-electron chi connectivity index (χ1n) is 38.3. The molecule has 12 heteroatoms. The summed E-state index contributed by atoms with van der Waals surface area (Å²) in [5, 5.41) is 44.4. The maximum atomic E-state index is 12.8. The highest BCUT2D eigenvalue weighted by Gasteiger charge is 2.20. The molecule has 1 aliphatic heterocycles. The molecule has 0 spiro atoms. The Balaban J connectivity index is 2.39. The lowest BCUT2D eigenvalue weighted by atomic mass is 10.0. The van der Waals surface area contributed by atoms with Crippen LogP contribution in [0.2, 0.25) is 0 Å². The van der Waals surface area contributed by atoms with E-state index in [2.05, 4.69) is 95.9 Å². The Bertz CT molecular complexity index is 1500. The normalized spacial score (nSPS) is 15.2. The molecule has 10 nitrogen and oxygen atoms in total. The number of allylic oxidation sites excluding steroid dienone is 8. The van der Waals surface area contributed by atoms with Gasteiger partial charge in [-0.3, -0.25) is 24.4 Å². The zero-order valence-electron chi connectivity index (χ0n) is 59.1. The Hall–Kier alpha value is -1.19. The summed E-state index contributed by atoms with van der Waals surface area (Å²) in [5.74, 6) is 2.12. The van der Waals surface area contributed by atoms with Gasteiger partial charge in [0.2, 0.25) is 0 Å². The van der Waals surface area contributed by atoms with E-state index in [0.717, 1.165) is 167 Å². The molecule has 89 heavy (non-hydrogen) atoms. The number of carbonyl (C=O) groups is 1. The van der Waals surface area contributed by atoms with Gasteiger partial charge in [0.05, 0.1) is 24.4 Å². The van der Waals surface area contributed by atoms with Crippen molar-refractivity contribution in [2.75, 3.05) is 96.6 Å². The third-order valence-electron chi connectivity index (χ3n) is 17.9. The minimum Gasteiger partial charge on any atom is -0.464 e. The van der Waals surface area contributed by atoms with Crippen LogP contribution in [0, 0.1) is 0 Å². The number of aliphatic hydroxyl groups is 4. The van der Waals surface area contributed by atoms with E-state index in [1.54, 1.807) is 0 Å². The Morgan fingerprint density at radius 3 is 1.09 bits per heavy atom. The maximum absolute atomic E-state index is 12.8. The summed E-state index contributed by atoms with van der Waals surface area (Å²) in [6, 6.07) is 0. The molecule has 1 saturated heterocycles. The topological polar surface area (TPSA) is 120 Å². The largest absolute Gasteiger partial charge is 0.464 e. The van der Waals surface area contributed by atoms with Crippen molar-refractivity contribution in [2.24, 2.45) is 0 Å². The van der Waals surface area contributed by atoms with E-state index >= 15 is 0 Å². The van der Waals surface area contributed by atoms with Crippen molar-refractivity contribution in [3.05, 3.63) is 48.6 Å². The fourth-order valence-electron chi connectivity index (χ4n) is 12.1. The quantitative estimate of drug-likeness (QED) is 0.0201. The van der Waals surface area contributed by atoms with Gasteiger partial charge in [-0.1, -0.05) is 265 Å². The second kappa shape index (κ2) is 68.2. The van der Waals surface area contributed by atoms with E-state index in [1.165, 1.54) is 180 Å². The van der Waals surface area contributed by atoms with Gasteiger partial charge in [0.25, 0.3) is 0 Å². The van der Waals surface area contributed by atoms with Gasteiger partial charge in [0.1, 0.15) is 6.61 Å². The second-order valence-corrected chi connectivity index (χ2v) is 29.4. The van der Waals surface area contributed by atoms with Crippen molar-refractivity contribution in [1.29, 1.82) is 0 Å². The predicted octanol–water partition coefficient (Wildman–Crippen LogP) is 19.4. The van der Waals surface area contributed by atoms with Gasteiger partial charge in [-0.25, -0.2) is 0 Å². The maximum Gasteiger partial charge on any atom is 0.305 e. The minimum atomic E-state index is -0.378. The fraction of sp³-hybridized carbons (Fsp3) is 0.883. The van der Waals surface area contributed by atoms with Gasteiger partial charge in [-0.05, 0) is 129 Å². The molecule has 0 aromatic rings. The van der Waals surface area contributed by atoms with Crippen molar-refractivity contribution in [3.8, 4) is 0 Å². The third kappa shape index (κ3) is 61.4. The first-order chi connectivity index (χ1) is 43.7. The molecule has 0 aromatic carbocycles. The number of unbranched alkanes of at least 4 members (excludes halogenated alkanes) is 30. The molecule has 4 unspecified atom stereocenters. The van der Waals surface area contributed by atoms with Gasteiger partial charge in [0.15, 0.2) is 0 Å². The van der Waals surface area contributed by atoms with Crippen LogP contribution >= 0.6 is 21.6 Å². The van der Waals surface area contributed by atoms with Crippen molar-refractivity contribution in [3.63, 3.8) is 0 Å². The average molecular weight is 1290 g/mol. The van der Waals surface area contributed by atoms with Crippen LogP contribution in [0.3, 0.4) is 0 Å². The molecule has 0 aliphatic carbocycles. The summed E-state index contributed by atoms with van der Waals surface area (Å²) in [4.78, 5) is 22.4. The number of rotatable bonds is 69. The number of aliphatic hydroxyl groups excluding tert-OH is 4. The van der Waals surface area contributed by atoms with E-state index in [1.807, 2.05) is 21.6 Å². The van der Waals surface area contributed by atoms with E-state index in [-0.39, 0.29) is 30.4 Å². The Morgan fingerprint density at radius 2 is 0.697 bits per heavy atom. The number of carbonyl (C=O) groups excluding carboxylic acids is 1. The average Bonchev–Trinajstić information content (AvgIpc) is 3.67. The van der Waals surface area contributed by atoms with Crippen molar-refractivity contribution < 1.29 is 30.0 Å². The lowest BCUT2D eigenvalue weighted by Crippen LogP contribution is -2.47. The number of hydrogen-bond acceptors (Lipinski definition) is 12. The van der Waals surface area contributed by atoms with Crippen LogP contribution in [0.25, 0.3) is 0 Å². The molecule has 524 valence electrons. The zero-order valence-corrected chi connectivity index (χ0v) is 60.7. The molecule has 4 N–H and O–H groups in total. The summed E-state index contributed by atoms with van der Waals surface area (Å²) in [7, 11) is 3.98. The van der Waals surface area contributed by atoms with E-state index in [4.69, 9.17) is 4.74 Å². The lowest BCUT2D eigenvalue weighted by molar-refractivity contribution is -0.144. The highest BCUT2D eigenvalue weighted by molar-refractivity contribution is 8.76. The van der Waals surface area contributed by atoms with Crippen LogP contribution in [0.4, 0.5) is 0 Å². The molecule has 1 fully saturated rings. The molecular formula is C77H148N4O6S2. The van der Waals surface area contributed by atoms with Crippen LogP contribution in [0.15, 0.2) is 48.6 Å². The summed E-state index contributed by atoms with van der Waals surface area (Å²) in [5.41, 5.74) is 0. The number of nitrogens with zero attached hydrogens (tertiary/aromatic N) is 4. The molecule has 4 atom stereocenters. The molecular weight excluding hydrogens is 1140 g/mol. The van der Waals surface area contributed by atoms with Crippen molar-refractivity contribution in [2.45, 2.75) is 341 Å². The van der Waals surface area contributed by atoms with Crippen LogP contribution < -0.4 is 0 Å². The van der Waals surface area contributed by atoms with Crippen LogP contribution in [0.5, 0.6) is 0 Å². The third-order valence-corrected chi connectivity index (χ3v) is 20.4. The van der Waals surface area contributed by atoms with E-state index in [9.17, 15) is 25.2 Å². The predicted molar refractivity (Wildman–Crippen MR) is 393 cm³/mol. The highest BCUT2D eigenvalue weighted by Crippen LogP contribution is 2.24. The van der Waals surface area contributed by atoms with Gasteiger partial charge < -0.3 is 25.2 Å². The first kappa shape index (κ1) is 85.8. The molecule has 0 amide bonds. The van der Waals surface area contributed by atoms with Crippen molar-refractivity contribution >= 4 is 27.6 Å². The summed E-state index contributed by atoms with van der Waals surface area (Å²) in [6.45, 7) is 19.7. The SMILES string of the molecule is CCCCC/C=C\C/C=C\CCCCCCC(O)CN(CCCCSSCCN1CCN(CCOC(=O)CCCCN(CC(O)CCCCCCCCCC)CC(O)CCCCCCCCCC)CC1)CC(O)CCCCCC/C=C\C/C=C\CCCCC. The fourth-order valence-corrected chi connectivity index (χ4v) is 14.3. The molecule has 1 aliphatic rings. The standard InChI is InChI=1S/C77H148N4O6S2/c1-5-9-13-17-21-25-27-29-31-33-35-39-43-47-55-75(84)71-81(72-76(85)56-48-44-40-36-34-32-30-28-26-22-18-14-10-6-2)59-51-52-67-88-89-68-65-79-62-60-78(61-63-79)64-66-87-77(86)57-49-50-58-80(69-73(82)53-45-41-37-23-19-15-11-7-3)70-74(83)54-46-42-38-24-20-16-12-8-4/h21-22,25-26,29-32,73-76,82-85H,5-20,23-24,27-28,33-72H2,1-4H3/b25-21-,26-22-,31-29-,32-30-. The van der Waals surface area contributed by atoms with Crippen LogP contribution in [-0.2, 0) is 9.53 Å². The van der Waals surface area contributed by atoms with Gasteiger partial charge >= 0.3 is 5.97 Å².